The van der Waals surface area contributed by atoms with Crippen molar-refractivity contribution in [3.05, 3.63) is 71.5 Å². The first kappa shape index (κ1) is 42.0. The van der Waals surface area contributed by atoms with Gasteiger partial charge in [-0.1, -0.05) is 116 Å². The summed E-state index contributed by atoms with van der Waals surface area (Å²) in [4.78, 5) is 5.51. The fourth-order valence-electron chi connectivity index (χ4n) is 3.85. The lowest BCUT2D eigenvalue weighted by molar-refractivity contribution is 0.391. The van der Waals surface area contributed by atoms with Crippen molar-refractivity contribution < 1.29 is 0 Å². The first-order valence-corrected chi connectivity index (χ1v) is 14.8. The van der Waals surface area contributed by atoms with Crippen molar-refractivity contribution >= 4 is 6.72 Å². The Labute approximate surface area is 235 Å². The second-order valence-corrected chi connectivity index (χ2v) is 9.01. The highest BCUT2D eigenvalue weighted by molar-refractivity contribution is 5.45. The van der Waals surface area contributed by atoms with Crippen LogP contribution in [0.15, 0.2) is 76.5 Å². The molecule has 37 heavy (non-hydrogen) atoms. The van der Waals surface area contributed by atoms with Gasteiger partial charge in [0.05, 0.1) is 0 Å². The molecule has 0 radical (unpaired) electrons. The lowest BCUT2D eigenvalue weighted by atomic mass is 9.92. The van der Waals surface area contributed by atoms with Gasteiger partial charge >= 0.3 is 0 Å². The maximum Gasteiger partial charge on any atom is 0.0319 e. The molecule has 1 rings (SSSR count). The third-order valence-corrected chi connectivity index (χ3v) is 6.07. The maximum absolute atomic E-state index is 4.03. The van der Waals surface area contributed by atoms with Crippen LogP contribution in [0.25, 0.3) is 0 Å². The summed E-state index contributed by atoms with van der Waals surface area (Å²) in [6.45, 7) is 36.7. The minimum atomic E-state index is 0.963. The highest BCUT2D eigenvalue weighted by Crippen LogP contribution is 2.26. The second-order valence-electron chi connectivity index (χ2n) is 9.01. The Morgan fingerprint density at radius 1 is 1.08 bits per heavy atom. The number of rotatable bonds is 11. The smallest absolute Gasteiger partial charge is 0.0319 e. The molecule has 216 valence electrons. The van der Waals surface area contributed by atoms with Crippen LogP contribution in [0.3, 0.4) is 0 Å². The van der Waals surface area contributed by atoms with Gasteiger partial charge in [-0.05, 0) is 83.2 Å². The van der Waals surface area contributed by atoms with E-state index in [2.05, 4.69) is 109 Å². The van der Waals surface area contributed by atoms with Crippen LogP contribution in [0, 0.1) is 5.92 Å². The van der Waals surface area contributed by atoms with Gasteiger partial charge in [-0.2, -0.15) is 0 Å². The van der Waals surface area contributed by atoms with Crippen molar-refractivity contribution in [2.45, 2.75) is 121 Å². The van der Waals surface area contributed by atoms with Gasteiger partial charge in [0.2, 0.25) is 0 Å². The van der Waals surface area contributed by atoms with Crippen LogP contribution in [0.2, 0.25) is 0 Å². The summed E-state index contributed by atoms with van der Waals surface area (Å²) in [5.74, 6) is 0.963. The normalized spacial score (nSPS) is 12.5. The zero-order valence-corrected chi connectivity index (χ0v) is 27.3. The minimum absolute atomic E-state index is 0.963. The van der Waals surface area contributed by atoms with Crippen molar-refractivity contribution in [3.8, 4) is 0 Å². The number of nitrogens with zero attached hydrogens (tertiary/aromatic N) is 2. The van der Waals surface area contributed by atoms with E-state index in [1.54, 1.807) is 7.05 Å². The largest absolute Gasteiger partial charge is 0.372 e. The number of allylic oxidation sites excluding steroid dienone is 9. The van der Waals surface area contributed by atoms with Crippen molar-refractivity contribution in [1.82, 2.24) is 4.90 Å². The molecule has 0 unspecified atom stereocenters. The molecule has 0 aromatic carbocycles. The molecule has 0 fully saturated rings. The molecule has 2 nitrogen and oxygen atoms in total. The molecular formula is C35H66N2. The van der Waals surface area contributed by atoms with E-state index in [1.165, 1.54) is 60.8 Å². The van der Waals surface area contributed by atoms with Crippen LogP contribution in [0.4, 0.5) is 0 Å². The van der Waals surface area contributed by atoms with E-state index in [1.807, 2.05) is 26.8 Å². The molecule has 0 heterocycles. The summed E-state index contributed by atoms with van der Waals surface area (Å²) in [5.41, 5.74) is 6.76. The summed E-state index contributed by atoms with van der Waals surface area (Å²) in [6, 6.07) is 0. The van der Waals surface area contributed by atoms with Crippen molar-refractivity contribution in [2.75, 3.05) is 20.1 Å². The van der Waals surface area contributed by atoms with Crippen LogP contribution in [-0.2, 0) is 0 Å². The molecule has 1 aliphatic rings. The molecule has 0 N–H and O–H groups in total. The Morgan fingerprint density at radius 2 is 1.57 bits per heavy atom. The van der Waals surface area contributed by atoms with E-state index < -0.39 is 0 Å². The molecule has 0 saturated carbocycles. The van der Waals surface area contributed by atoms with Gasteiger partial charge in [-0.25, -0.2) is 0 Å². The molecule has 0 spiro atoms. The number of likely N-dealkylation sites (N-methyl/N-ethyl adjacent to an activating group) is 1. The lowest BCUT2D eigenvalue weighted by Gasteiger charge is -2.23. The van der Waals surface area contributed by atoms with Gasteiger partial charge in [0.25, 0.3) is 0 Å². The first-order valence-electron chi connectivity index (χ1n) is 14.8. The lowest BCUT2D eigenvalue weighted by Crippen LogP contribution is -2.21. The Morgan fingerprint density at radius 3 is 1.89 bits per heavy atom. The Kier molecular flexibility index (Phi) is 36.3. The zero-order chi connectivity index (χ0) is 29.6. The average molecular weight is 515 g/mol. The highest BCUT2D eigenvalue weighted by atomic mass is 15.1. The van der Waals surface area contributed by atoms with Crippen LogP contribution in [-0.4, -0.2) is 31.8 Å². The van der Waals surface area contributed by atoms with Gasteiger partial charge in [0.15, 0.2) is 0 Å². The summed E-state index contributed by atoms with van der Waals surface area (Å²) in [5, 5.41) is 0. The number of hydrogen-bond donors (Lipinski definition) is 0. The first-order chi connectivity index (χ1) is 17.7. The summed E-state index contributed by atoms with van der Waals surface area (Å²) < 4.78 is 0. The fraction of sp³-hybridized carbons (Fsp3) is 0.629. The van der Waals surface area contributed by atoms with Crippen molar-refractivity contribution in [2.24, 2.45) is 10.9 Å². The molecule has 0 bridgehead atoms. The van der Waals surface area contributed by atoms with Crippen LogP contribution in [0.1, 0.15) is 121 Å². The predicted molar refractivity (Wildman–Crippen MR) is 177 cm³/mol. The zero-order valence-electron chi connectivity index (χ0n) is 27.3. The predicted octanol–water partition coefficient (Wildman–Crippen LogP) is 11.5. The SMILES string of the molecule is C=C(/C(C)=C/C)N(CC)CC.C=C/C=C(/CC)C1=C(C)CCC=C1.C=NC.CC.CCCC(C)CCC. The van der Waals surface area contributed by atoms with Gasteiger partial charge < -0.3 is 9.89 Å². The quantitative estimate of drug-likeness (QED) is 0.198. The van der Waals surface area contributed by atoms with E-state index in [4.69, 9.17) is 0 Å². The standard InChI is InChI=1S/C13H18.C10H19N.C8H18.C2H5N.C2H6/c1-4-8-12(5-2)13-10-7-6-9-11(13)3;1-6-9(4)10(5)11(7-2)8-3;1-4-6-8(3)7-5-2;1-3-2;1-2/h4,7-8,10H,1,5-6,9H2,2-3H3;6H,5,7-8H2,1-4H3;8H,4-7H2,1-3H3;1H2,2H3;1-2H3/b12-8-;9-6+;;;. The van der Waals surface area contributed by atoms with Gasteiger partial charge in [0, 0.05) is 25.8 Å². The van der Waals surface area contributed by atoms with Crippen molar-refractivity contribution in [3.63, 3.8) is 0 Å². The van der Waals surface area contributed by atoms with Crippen molar-refractivity contribution in [1.29, 1.82) is 0 Å². The maximum atomic E-state index is 4.03. The Hall–Kier alpha value is -2.09. The minimum Gasteiger partial charge on any atom is -0.372 e. The molecule has 0 aliphatic heterocycles. The monoisotopic (exact) mass is 515 g/mol. The molecular weight excluding hydrogens is 448 g/mol. The average Bonchev–Trinajstić information content (AvgIpc) is 2.90. The Bertz CT molecular complexity index is 663. The van der Waals surface area contributed by atoms with E-state index in [9.17, 15) is 0 Å². The molecule has 0 amide bonds. The molecule has 0 aromatic rings. The van der Waals surface area contributed by atoms with Gasteiger partial charge in [0.1, 0.15) is 0 Å². The second kappa shape index (κ2) is 31.9. The summed E-state index contributed by atoms with van der Waals surface area (Å²) >= 11 is 0. The molecule has 0 saturated heterocycles. The Balaban J connectivity index is -0.000000207. The summed E-state index contributed by atoms with van der Waals surface area (Å²) in [7, 11) is 1.64. The molecule has 0 atom stereocenters. The number of aliphatic imine (C=N–C) groups is 1. The molecule has 2 heteroatoms. The summed E-state index contributed by atoms with van der Waals surface area (Å²) in [6.07, 6.45) is 19.6. The topological polar surface area (TPSA) is 15.6 Å². The molecule has 0 aromatic heterocycles. The van der Waals surface area contributed by atoms with Crippen LogP contribution < -0.4 is 0 Å². The molecule has 1 aliphatic carbocycles. The fourth-order valence-corrected chi connectivity index (χ4v) is 3.85. The van der Waals surface area contributed by atoms with Crippen LogP contribution in [0.5, 0.6) is 0 Å². The van der Waals surface area contributed by atoms with Gasteiger partial charge in [-0.3, -0.25) is 0 Å². The highest BCUT2D eigenvalue weighted by Gasteiger charge is 2.06. The van der Waals surface area contributed by atoms with E-state index in [0.717, 1.165) is 31.1 Å². The third-order valence-electron chi connectivity index (χ3n) is 6.07. The van der Waals surface area contributed by atoms with Gasteiger partial charge in [-0.15, -0.1) is 0 Å². The number of hydrogen-bond acceptors (Lipinski definition) is 2. The van der Waals surface area contributed by atoms with E-state index in [-0.39, 0.29) is 0 Å². The third kappa shape index (κ3) is 24.0. The van der Waals surface area contributed by atoms with Crippen LogP contribution >= 0.6 is 0 Å². The van der Waals surface area contributed by atoms with E-state index in [0.29, 0.717) is 0 Å². The van der Waals surface area contributed by atoms with E-state index >= 15 is 0 Å².